The van der Waals surface area contributed by atoms with E-state index in [1.807, 2.05) is 11.9 Å². The average molecular weight is 187 g/mol. The molecule has 0 bridgehead atoms. The fraction of sp³-hybridized carbons (Fsp3) is 0.889. The molecule has 0 heterocycles. The summed E-state index contributed by atoms with van der Waals surface area (Å²) in [6.07, 6.45) is 1.04. The Morgan fingerprint density at radius 3 is 2.62 bits per heavy atom. The second-order valence-corrected chi connectivity index (χ2v) is 3.67. The number of hydrogen-bond donors (Lipinski definition) is 2. The van der Waals surface area contributed by atoms with E-state index in [4.69, 9.17) is 5.73 Å². The molecular formula is C9H21N3O. The zero-order chi connectivity index (χ0) is 10.3. The first-order valence-corrected chi connectivity index (χ1v) is 4.72. The van der Waals surface area contributed by atoms with E-state index in [0.717, 1.165) is 19.5 Å². The van der Waals surface area contributed by atoms with Crippen molar-refractivity contribution in [2.24, 2.45) is 5.73 Å². The molecular weight excluding hydrogens is 166 g/mol. The van der Waals surface area contributed by atoms with Gasteiger partial charge in [0.15, 0.2) is 0 Å². The summed E-state index contributed by atoms with van der Waals surface area (Å²) in [5.74, 6) is -0.265. The highest BCUT2D eigenvalue weighted by Crippen LogP contribution is 1.86. The maximum atomic E-state index is 10.5. The normalized spacial score (nSPS) is 11.2. The molecule has 0 aliphatic heterocycles. The van der Waals surface area contributed by atoms with E-state index in [1.165, 1.54) is 0 Å². The average Bonchev–Trinajstić information content (AvgIpc) is 1.96. The van der Waals surface area contributed by atoms with Crippen LogP contribution in [0.3, 0.4) is 0 Å². The summed E-state index contributed by atoms with van der Waals surface area (Å²) in [5.41, 5.74) is 5.05. The number of nitrogens with one attached hydrogen (secondary N) is 1. The van der Waals surface area contributed by atoms with Crippen LogP contribution in [0.1, 0.15) is 20.3 Å². The van der Waals surface area contributed by atoms with Crippen LogP contribution in [0.2, 0.25) is 0 Å². The fourth-order valence-corrected chi connectivity index (χ4v) is 1.08. The maximum absolute atomic E-state index is 10.5. The van der Waals surface area contributed by atoms with Gasteiger partial charge in [-0.15, -0.1) is 0 Å². The molecule has 0 aromatic carbocycles. The van der Waals surface area contributed by atoms with Gasteiger partial charge in [-0.3, -0.25) is 9.69 Å². The van der Waals surface area contributed by atoms with Crippen LogP contribution in [0.15, 0.2) is 0 Å². The first-order chi connectivity index (χ1) is 6.02. The highest BCUT2D eigenvalue weighted by Gasteiger charge is 2.01. The third-order valence-electron chi connectivity index (χ3n) is 1.69. The number of hydrogen-bond acceptors (Lipinski definition) is 3. The molecule has 0 spiro atoms. The molecule has 0 aliphatic carbocycles. The van der Waals surface area contributed by atoms with Crippen molar-refractivity contribution in [1.29, 1.82) is 0 Å². The van der Waals surface area contributed by atoms with E-state index >= 15 is 0 Å². The first-order valence-electron chi connectivity index (χ1n) is 4.72. The Kier molecular flexibility index (Phi) is 6.54. The van der Waals surface area contributed by atoms with Crippen LogP contribution in [-0.2, 0) is 4.79 Å². The maximum Gasteiger partial charge on any atom is 0.231 e. The molecule has 3 N–H and O–H groups in total. The van der Waals surface area contributed by atoms with Crippen LogP contribution in [0.25, 0.3) is 0 Å². The summed E-state index contributed by atoms with van der Waals surface area (Å²) in [6, 6.07) is 0.529. The van der Waals surface area contributed by atoms with Crippen molar-refractivity contribution in [3.63, 3.8) is 0 Å². The summed E-state index contributed by atoms with van der Waals surface area (Å²) < 4.78 is 0. The zero-order valence-corrected chi connectivity index (χ0v) is 8.84. The Morgan fingerprint density at radius 1 is 1.54 bits per heavy atom. The van der Waals surface area contributed by atoms with Gasteiger partial charge in [0, 0.05) is 6.04 Å². The van der Waals surface area contributed by atoms with Crippen molar-refractivity contribution in [2.75, 3.05) is 26.7 Å². The third kappa shape index (κ3) is 9.30. The van der Waals surface area contributed by atoms with E-state index in [-0.39, 0.29) is 5.91 Å². The largest absolute Gasteiger partial charge is 0.369 e. The fourth-order valence-electron chi connectivity index (χ4n) is 1.08. The Bertz CT molecular complexity index is 148. The van der Waals surface area contributed by atoms with Crippen LogP contribution in [-0.4, -0.2) is 43.5 Å². The van der Waals surface area contributed by atoms with Crippen molar-refractivity contribution in [3.05, 3.63) is 0 Å². The Morgan fingerprint density at radius 2 is 2.15 bits per heavy atom. The number of rotatable bonds is 7. The highest BCUT2D eigenvalue weighted by molar-refractivity contribution is 5.75. The molecule has 0 radical (unpaired) electrons. The van der Waals surface area contributed by atoms with Crippen LogP contribution >= 0.6 is 0 Å². The predicted molar refractivity (Wildman–Crippen MR) is 54.4 cm³/mol. The van der Waals surface area contributed by atoms with Gasteiger partial charge in [0.1, 0.15) is 0 Å². The van der Waals surface area contributed by atoms with Crippen molar-refractivity contribution in [1.82, 2.24) is 10.2 Å². The first kappa shape index (κ1) is 12.4. The number of carbonyl (C=O) groups is 1. The lowest BCUT2D eigenvalue weighted by Crippen LogP contribution is -2.33. The molecule has 4 nitrogen and oxygen atoms in total. The number of carbonyl (C=O) groups excluding carboxylic acids is 1. The second kappa shape index (κ2) is 6.86. The molecule has 78 valence electrons. The van der Waals surface area contributed by atoms with E-state index in [0.29, 0.717) is 12.6 Å². The Hall–Kier alpha value is -0.610. The number of nitrogens with two attached hydrogens (primary N) is 1. The van der Waals surface area contributed by atoms with Gasteiger partial charge in [0.25, 0.3) is 0 Å². The molecule has 0 saturated heterocycles. The molecule has 4 heteroatoms. The van der Waals surface area contributed by atoms with Gasteiger partial charge in [0.05, 0.1) is 6.54 Å². The van der Waals surface area contributed by atoms with Crippen molar-refractivity contribution < 1.29 is 4.79 Å². The molecule has 1 amide bonds. The number of primary amides is 1. The van der Waals surface area contributed by atoms with Crippen molar-refractivity contribution in [3.8, 4) is 0 Å². The lowest BCUT2D eigenvalue weighted by Gasteiger charge is -2.15. The zero-order valence-electron chi connectivity index (χ0n) is 8.84. The lowest BCUT2D eigenvalue weighted by atomic mass is 10.3. The summed E-state index contributed by atoms with van der Waals surface area (Å²) in [6.45, 7) is 6.48. The molecule has 0 aliphatic rings. The Labute approximate surface area is 80.5 Å². The van der Waals surface area contributed by atoms with Gasteiger partial charge >= 0.3 is 0 Å². The molecule has 13 heavy (non-hydrogen) atoms. The van der Waals surface area contributed by atoms with Gasteiger partial charge in [-0.2, -0.15) is 0 Å². The summed E-state index contributed by atoms with van der Waals surface area (Å²) in [4.78, 5) is 12.5. The molecule has 0 aromatic heterocycles. The molecule has 0 atom stereocenters. The van der Waals surface area contributed by atoms with Crippen LogP contribution in [0, 0.1) is 0 Å². The minimum atomic E-state index is -0.265. The highest BCUT2D eigenvalue weighted by atomic mass is 16.1. The topological polar surface area (TPSA) is 58.4 Å². The van der Waals surface area contributed by atoms with E-state index < -0.39 is 0 Å². The number of nitrogens with zero attached hydrogens (tertiary/aromatic N) is 1. The summed E-state index contributed by atoms with van der Waals surface area (Å²) in [7, 11) is 1.90. The SMILES string of the molecule is CC(C)NCCCN(C)CC(N)=O. The monoisotopic (exact) mass is 187 g/mol. The minimum Gasteiger partial charge on any atom is -0.369 e. The van der Waals surface area contributed by atoms with Crippen LogP contribution in [0.5, 0.6) is 0 Å². The number of likely N-dealkylation sites (N-methyl/N-ethyl adjacent to an activating group) is 1. The van der Waals surface area contributed by atoms with E-state index in [9.17, 15) is 4.79 Å². The van der Waals surface area contributed by atoms with E-state index in [2.05, 4.69) is 19.2 Å². The van der Waals surface area contributed by atoms with Gasteiger partial charge in [-0.1, -0.05) is 13.8 Å². The van der Waals surface area contributed by atoms with Gasteiger partial charge < -0.3 is 11.1 Å². The molecule has 0 fully saturated rings. The van der Waals surface area contributed by atoms with Crippen molar-refractivity contribution in [2.45, 2.75) is 26.3 Å². The van der Waals surface area contributed by atoms with Gasteiger partial charge in [0.2, 0.25) is 5.91 Å². The van der Waals surface area contributed by atoms with Gasteiger partial charge in [-0.25, -0.2) is 0 Å². The standard InChI is InChI=1S/C9H21N3O/c1-8(2)11-5-4-6-12(3)7-9(10)13/h8,11H,4-7H2,1-3H3,(H2,10,13). The lowest BCUT2D eigenvalue weighted by molar-refractivity contribution is -0.118. The summed E-state index contributed by atoms with van der Waals surface area (Å²) in [5, 5.41) is 3.31. The summed E-state index contributed by atoms with van der Waals surface area (Å²) >= 11 is 0. The Balaban J connectivity index is 3.26. The molecule has 0 unspecified atom stereocenters. The third-order valence-corrected chi connectivity index (χ3v) is 1.69. The second-order valence-electron chi connectivity index (χ2n) is 3.67. The van der Waals surface area contributed by atoms with Gasteiger partial charge in [-0.05, 0) is 26.6 Å². The van der Waals surface area contributed by atoms with Crippen LogP contribution < -0.4 is 11.1 Å². The minimum absolute atomic E-state index is 0.265. The predicted octanol–water partition coefficient (Wildman–Crippen LogP) is -0.208. The molecule has 0 rings (SSSR count). The number of amides is 1. The van der Waals surface area contributed by atoms with Crippen LogP contribution in [0.4, 0.5) is 0 Å². The molecule has 0 saturated carbocycles. The molecule has 0 aromatic rings. The smallest absolute Gasteiger partial charge is 0.231 e. The quantitative estimate of drug-likeness (QED) is 0.542. The van der Waals surface area contributed by atoms with E-state index in [1.54, 1.807) is 0 Å². The van der Waals surface area contributed by atoms with Crippen molar-refractivity contribution >= 4 is 5.91 Å².